The minimum atomic E-state index is -4.75. The van der Waals surface area contributed by atoms with Gasteiger partial charge < -0.3 is 0 Å². The Morgan fingerprint density at radius 2 is 0.865 bits per heavy atom. The van der Waals surface area contributed by atoms with E-state index in [0.29, 0.717) is 12.8 Å². The predicted octanol–water partition coefficient (Wildman–Crippen LogP) is 7.79. The number of unbranched alkanes of at least 4 members (excludes halogenated alkanes) is 3. The molecule has 3 aromatic rings. The number of rotatable bonds is 8. The maximum Gasteiger partial charge on any atom is 0.416 e. The van der Waals surface area contributed by atoms with E-state index in [0.717, 1.165) is 67.4 Å². The first-order chi connectivity index (χ1) is 17.2. The lowest BCUT2D eigenvalue weighted by Gasteiger charge is -2.44. The molecular weight excluding hydrogens is 506 g/mol. The van der Waals surface area contributed by atoms with Gasteiger partial charge >= 0.3 is 18.5 Å². The Bertz CT molecular complexity index is 1050. The summed E-state index contributed by atoms with van der Waals surface area (Å²) in [7, 11) is 0. The fourth-order valence-electron chi connectivity index (χ4n) is 5.02. The molecule has 0 saturated heterocycles. The predicted molar refractivity (Wildman–Crippen MR) is 128 cm³/mol. The maximum atomic E-state index is 13.7. The van der Waals surface area contributed by atoms with Gasteiger partial charge in [-0.1, -0.05) is 105 Å². The van der Waals surface area contributed by atoms with Gasteiger partial charge in [-0.25, -0.2) is 0 Å². The summed E-state index contributed by atoms with van der Waals surface area (Å²) in [6, 6.07) is 12.5. The minimum Gasteiger partial charge on any atom is -0.199 e. The summed E-state index contributed by atoms with van der Waals surface area (Å²) in [6.45, 7) is 1.94. The third kappa shape index (κ3) is 6.51. The van der Waals surface area contributed by atoms with Crippen molar-refractivity contribution >= 4 is 22.5 Å². The first kappa shape index (κ1) is 28.7. The standard InChI is InChI=1S/C27H25BF9/c1-2-3-4-5-15-28(22-12-6-9-19(16-22)25(29,30)31,23-13-7-10-20(17-23)26(32,33)34)24-14-8-11-21(18-24)27(35,36)37/h6-14,16-18H,2-5,15H2,1H3/q-1. The van der Waals surface area contributed by atoms with Gasteiger partial charge in [0.05, 0.1) is 22.8 Å². The molecule has 0 aliphatic rings. The lowest BCUT2D eigenvalue weighted by molar-refractivity contribution is -0.138. The molecular formula is C27H25BF9-. The average molecular weight is 531 g/mol. The highest BCUT2D eigenvalue weighted by Gasteiger charge is 2.38. The zero-order chi connectivity index (χ0) is 27.5. The zero-order valence-corrected chi connectivity index (χ0v) is 19.9. The van der Waals surface area contributed by atoms with Crippen molar-refractivity contribution in [3.8, 4) is 0 Å². The van der Waals surface area contributed by atoms with E-state index >= 15 is 0 Å². The molecule has 0 bridgehead atoms. The molecule has 0 spiro atoms. The Morgan fingerprint density at radius 1 is 0.514 bits per heavy atom. The van der Waals surface area contributed by atoms with Crippen molar-refractivity contribution in [2.45, 2.75) is 57.5 Å². The second-order valence-electron chi connectivity index (χ2n) is 9.26. The Kier molecular flexibility index (Phi) is 8.39. The number of hydrogen-bond donors (Lipinski definition) is 0. The molecule has 10 heteroatoms. The summed E-state index contributed by atoms with van der Waals surface area (Å²) in [5, 5.41) is 0. The van der Waals surface area contributed by atoms with E-state index in [9.17, 15) is 39.5 Å². The smallest absolute Gasteiger partial charge is 0.199 e. The molecule has 0 radical (unpaired) electrons. The second kappa shape index (κ2) is 10.8. The minimum absolute atomic E-state index is 0.0324. The second-order valence-corrected chi connectivity index (χ2v) is 9.26. The van der Waals surface area contributed by atoms with Crippen molar-refractivity contribution in [3.63, 3.8) is 0 Å². The molecule has 0 amide bonds. The third-order valence-electron chi connectivity index (χ3n) is 6.84. The molecule has 0 saturated carbocycles. The van der Waals surface area contributed by atoms with E-state index < -0.39 is 41.4 Å². The SMILES string of the molecule is CCCCCC[B-](c1cccc(C(F)(F)F)c1)(c1cccc(C(F)(F)F)c1)c1cccc(C(F)(F)F)c1. The molecule has 0 nitrogen and oxygen atoms in total. The normalized spacial score (nSPS) is 13.1. The van der Waals surface area contributed by atoms with Crippen molar-refractivity contribution in [1.29, 1.82) is 0 Å². The molecule has 37 heavy (non-hydrogen) atoms. The van der Waals surface area contributed by atoms with Gasteiger partial charge in [-0.2, -0.15) is 62.2 Å². The fourth-order valence-corrected chi connectivity index (χ4v) is 5.02. The van der Waals surface area contributed by atoms with Crippen LogP contribution in [0.15, 0.2) is 72.8 Å². The molecule has 3 rings (SSSR count). The Hall–Kier alpha value is -2.91. The van der Waals surface area contributed by atoms with E-state index in [1.807, 2.05) is 6.92 Å². The monoisotopic (exact) mass is 531 g/mol. The third-order valence-corrected chi connectivity index (χ3v) is 6.84. The van der Waals surface area contributed by atoms with Crippen LogP contribution in [-0.4, -0.2) is 6.15 Å². The van der Waals surface area contributed by atoms with Gasteiger partial charge in [-0.05, 0) is 0 Å². The van der Waals surface area contributed by atoms with Crippen LogP contribution in [-0.2, 0) is 18.5 Å². The van der Waals surface area contributed by atoms with Crippen molar-refractivity contribution in [3.05, 3.63) is 89.5 Å². The van der Waals surface area contributed by atoms with Crippen LogP contribution in [0.1, 0.15) is 49.3 Å². The van der Waals surface area contributed by atoms with Gasteiger partial charge in [-0.3, -0.25) is 0 Å². The average Bonchev–Trinajstić information content (AvgIpc) is 2.83. The highest BCUT2D eigenvalue weighted by Crippen LogP contribution is 2.33. The topological polar surface area (TPSA) is 0 Å². The molecule has 0 heterocycles. The van der Waals surface area contributed by atoms with E-state index in [1.165, 1.54) is 18.2 Å². The molecule has 0 N–H and O–H groups in total. The van der Waals surface area contributed by atoms with Crippen LogP contribution in [0.2, 0.25) is 6.32 Å². The summed E-state index contributed by atoms with van der Waals surface area (Å²) < 4.78 is 123. The summed E-state index contributed by atoms with van der Waals surface area (Å²) in [4.78, 5) is 0. The molecule has 0 aliphatic heterocycles. The van der Waals surface area contributed by atoms with E-state index in [-0.39, 0.29) is 22.7 Å². The lowest BCUT2D eigenvalue weighted by Crippen LogP contribution is -2.67. The van der Waals surface area contributed by atoms with Crippen LogP contribution in [0, 0.1) is 0 Å². The van der Waals surface area contributed by atoms with Crippen molar-refractivity contribution in [2.24, 2.45) is 0 Å². The van der Waals surface area contributed by atoms with Crippen molar-refractivity contribution < 1.29 is 39.5 Å². The quantitative estimate of drug-likeness (QED) is 0.158. The molecule has 0 unspecified atom stereocenters. The van der Waals surface area contributed by atoms with Gasteiger partial charge in [0, 0.05) is 0 Å². The Balaban J connectivity index is 2.40. The van der Waals surface area contributed by atoms with E-state index in [1.54, 1.807) is 0 Å². The number of halogens is 9. The van der Waals surface area contributed by atoms with Crippen molar-refractivity contribution in [2.75, 3.05) is 0 Å². The number of hydrogen-bond acceptors (Lipinski definition) is 0. The summed E-state index contributed by atoms with van der Waals surface area (Å²) >= 11 is 0. The van der Waals surface area contributed by atoms with Crippen LogP contribution in [0.25, 0.3) is 0 Å². The largest absolute Gasteiger partial charge is 0.416 e. The van der Waals surface area contributed by atoms with Crippen LogP contribution in [0.5, 0.6) is 0 Å². The summed E-state index contributed by atoms with van der Waals surface area (Å²) in [5.41, 5.74) is -2.98. The number of alkyl halides is 9. The molecule has 0 atom stereocenters. The first-order valence-corrected chi connectivity index (χ1v) is 11.9. The van der Waals surface area contributed by atoms with Crippen LogP contribution < -0.4 is 16.4 Å². The number of benzene rings is 3. The Morgan fingerprint density at radius 3 is 1.16 bits per heavy atom. The molecule has 0 fully saturated rings. The summed E-state index contributed by atoms with van der Waals surface area (Å²) in [6.07, 6.45) is -14.2. The molecule has 3 aromatic carbocycles. The molecule has 200 valence electrons. The molecule has 0 aliphatic carbocycles. The maximum absolute atomic E-state index is 13.7. The van der Waals surface area contributed by atoms with Crippen molar-refractivity contribution in [1.82, 2.24) is 0 Å². The van der Waals surface area contributed by atoms with Gasteiger partial charge in [0.25, 0.3) is 0 Å². The van der Waals surface area contributed by atoms with Gasteiger partial charge in [0.2, 0.25) is 0 Å². The van der Waals surface area contributed by atoms with Crippen LogP contribution >= 0.6 is 0 Å². The Labute approximate surface area is 209 Å². The highest BCUT2D eigenvalue weighted by atomic mass is 19.4. The lowest BCUT2D eigenvalue weighted by atomic mass is 9.14. The van der Waals surface area contributed by atoms with Gasteiger partial charge in [-0.15, -0.1) is 0 Å². The first-order valence-electron chi connectivity index (χ1n) is 11.9. The van der Waals surface area contributed by atoms with Crippen LogP contribution in [0.3, 0.4) is 0 Å². The van der Waals surface area contributed by atoms with Crippen LogP contribution in [0.4, 0.5) is 39.5 Å². The van der Waals surface area contributed by atoms with E-state index in [4.69, 9.17) is 0 Å². The van der Waals surface area contributed by atoms with E-state index in [2.05, 4.69) is 0 Å². The van der Waals surface area contributed by atoms with Gasteiger partial charge in [0.1, 0.15) is 0 Å². The molecule has 0 aromatic heterocycles. The highest BCUT2D eigenvalue weighted by molar-refractivity contribution is 7.11. The summed E-state index contributed by atoms with van der Waals surface area (Å²) in [5.74, 6) is 0. The fraction of sp³-hybridized carbons (Fsp3) is 0.333. The van der Waals surface area contributed by atoms with Gasteiger partial charge in [0.15, 0.2) is 0 Å². The zero-order valence-electron chi connectivity index (χ0n) is 19.9.